The second-order valence-corrected chi connectivity index (χ2v) is 5.61. The Balaban J connectivity index is 2.22. The maximum Gasteiger partial charge on any atom is 0.107 e. The Bertz CT molecular complexity index is 314. The topological polar surface area (TPSA) is 13.1 Å². The van der Waals surface area contributed by atoms with E-state index in [0.717, 1.165) is 12.8 Å². The number of aryl methyl sites for hydroxylation is 1. The molecule has 1 heterocycles. The first kappa shape index (κ1) is 9.82. The highest BCUT2D eigenvalue weighted by atomic mass is 16.3. The first-order valence-corrected chi connectivity index (χ1v) is 5.64. The van der Waals surface area contributed by atoms with Crippen LogP contribution in [0, 0.1) is 5.41 Å². The molecule has 0 spiro atoms. The van der Waals surface area contributed by atoms with Gasteiger partial charge in [0, 0.05) is 6.42 Å². The molecular weight excluding hydrogens is 172 g/mol. The van der Waals surface area contributed by atoms with Gasteiger partial charge in [-0.1, -0.05) is 20.8 Å². The fourth-order valence-electron chi connectivity index (χ4n) is 2.28. The van der Waals surface area contributed by atoms with E-state index in [9.17, 15) is 0 Å². The zero-order valence-electron chi connectivity index (χ0n) is 9.52. The Morgan fingerprint density at radius 1 is 1.21 bits per heavy atom. The average molecular weight is 192 g/mol. The first-order chi connectivity index (χ1) is 6.56. The summed E-state index contributed by atoms with van der Waals surface area (Å²) in [6, 6.07) is 0. The zero-order chi connectivity index (χ0) is 10.2. The molecule has 78 valence electrons. The Kier molecular flexibility index (Phi) is 2.42. The highest BCUT2D eigenvalue weighted by molar-refractivity contribution is 5.30. The molecule has 1 heteroatoms. The van der Waals surface area contributed by atoms with Gasteiger partial charge in [0.05, 0.1) is 6.26 Å². The predicted octanol–water partition coefficient (Wildman–Crippen LogP) is 3.75. The van der Waals surface area contributed by atoms with Gasteiger partial charge in [0.2, 0.25) is 0 Å². The minimum atomic E-state index is 0.370. The van der Waals surface area contributed by atoms with Gasteiger partial charge in [0.25, 0.3) is 0 Å². The van der Waals surface area contributed by atoms with Crippen LogP contribution >= 0.6 is 0 Å². The Morgan fingerprint density at radius 2 is 1.93 bits per heavy atom. The average Bonchev–Trinajstić information content (AvgIpc) is 2.47. The van der Waals surface area contributed by atoms with Gasteiger partial charge in [-0.3, -0.25) is 0 Å². The van der Waals surface area contributed by atoms with Crippen molar-refractivity contribution in [2.45, 2.75) is 52.9 Å². The van der Waals surface area contributed by atoms with Crippen molar-refractivity contribution in [3.05, 3.63) is 23.2 Å². The van der Waals surface area contributed by atoms with E-state index in [1.165, 1.54) is 36.1 Å². The van der Waals surface area contributed by atoms with E-state index in [0.29, 0.717) is 5.41 Å². The standard InChI is InChI=1S/C13H20O/c1-13(2,3)8-10-9-14-12-7-5-4-6-11(10)12/h9H,4-8H2,1-3H3. The van der Waals surface area contributed by atoms with Crippen LogP contribution in [0.3, 0.4) is 0 Å². The summed E-state index contributed by atoms with van der Waals surface area (Å²) in [5.41, 5.74) is 3.34. The van der Waals surface area contributed by atoms with Gasteiger partial charge in [-0.15, -0.1) is 0 Å². The Morgan fingerprint density at radius 3 is 2.64 bits per heavy atom. The third-order valence-corrected chi connectivity index (χ3v) is 2.87. The molecule has 0 radical (unpaired) electrons. The summed E-state index contributed by atoms with van der Waals surface area (Å²) in [5.74, 6) is 1.26. The van der Waals surface area contributed by atoms with Crippen LogP contribution in [-0.4, -0.2) is 0 Å². The van der Waals surface area contributed by atoms with Gasteiger partial charge in [0.1, 0.15) is 5.76 Å². The van der Waals surface area contributed by atoms with Crippen LogP contribution in [0.15, 0.2) is 10.7 Å². The van der Waals surface area contributed by atoms with Crippen molar-refractivity contribution in [1.29, 1.82) is 0 Å². The SMILES string of the molecule is CC(C)(C)Cc1coc2c1CCCC2. The third kappa shape index (κ3) is 2.02. The largest absolute Gasteiger partial charge is 0.469 e. The normalized spacial score (nSPS) is 16.8. The maximum atomic E-state index is 5.63. The molecule has 1 aromatic heterocycles. The number of rotatable bonds is 1. The molecule has 0 N–H and O–H groups in total. The Hall–Kier alpha value is -0.720. The van der Waals surface area contributed by atoms with Crippen molar-refractivity contribution < 1.29 is 4.42 Å². The number of hydrogen-bond donors (Lipinski definition) is 0. The third-order valence-electron chi connectivity index (χ3n) is 2.87. The van der Waals surface area contributed by atoms with Gasteiger partial charge < -0.3 is 4.42 Å². The van der Waals surface area contributed by atoms with Crippen molar-refractivity contribution in [2.75, 3.05) is 0 Å². The summed E-state index contributed by atoms with van der Waals surface area (Å²) in [4.78, 5) is 0. The molecule has 0 bridgehead atoms. The lowest BCUT2D eigenvalue weighted by Gasteiger charge is -2.19. The summed E-state index contributed by atoms with van der Waals surface area (Å²) in [7, 11) is 0. The van der Waals surface area contributed by atoms with E-state index < -0.39 is 0 Å². The molecule has 1 aliphatic rings. The van der Waals surface area contributed by atoms with Crippen molar-refractivity contribution in [1.82, 2.24) is 0 Å². The van der Waals surface area contributed by atoms with Crippen LogP contribution in [0.5, 0.6) is 0 Å². The van der Waals surface area contributed by atoms with Crippen molar-refractivity contribution in [3.8, 4) is 0 Å². The zero-order valence-corrected chi connectivity index (χ0v) is 9.52. The van der Waals surface area contributed by atoms with Gasteiger partial charge in [-0.05, 0) is 42.2 Å². The predicted molar refractivity (Wildman–Crippen MR) is 58.5 cm³/mol. The van der Waals surface area contributed by atoms with Crippen molar-refractivity contribution in [3.63, 3.8) is 0 Å². The monoisotopic (exact) mass is 192 g/mol. The molecule has 0 atom stereocenters. The van der Waals surface area contributed by atoms with Gasteiger partial charge in [-0.2, -0.15) is 0 Å². The second-order valence-electron chi connectivity index (χ2n) is 5.61. The van der Waals surface area contributed by atoms with Crippen LogP contribution in [0.2, 0.25) is 0 Å². The number of hydrogen-bond acceptors (Lipinski definition) is 1. The molecule has 0 saturated heterocycles. The quantitative estimate of drug-likeness (QED) is 0.660. The highest BCUT2D eigenvalue weighted by Crippen LogP contribution is 2.30. The van der Waals surface area contributed by atoms with E-state index >= 15 is 0 Å². The van der Waals surface area contributed by atoms with E-state index in [1.807, 2.05) is 6.26 Å². The first-order valence-electron chi connectivity index (χ1n) is 5.64. The molecule has 0 amide bonds. The van der Waals surface area contributed by atoms with Crippen LogP contribution in [0.4, 0.5) is 0 Å². The molecule has 0 unspecified atom stereocenters. The molecule has 2 rings (SSSR count). The van der Waals surface area contributed by atoms with Crippen molar-refractivity contribution >= 4 is 0 Å². The second kappa shape index (κ2) is 3.45. The molecule has 1 nitrogen and oxygen atoms in total. The molecule has 14 heavy (non-hydrogen) atoms. The van der Waals surface area contributed by atoms with E-state index in [-0.39, 0.29) is 0 Å². The van der Waals surface area contributed by atoms with Crippen molar-refractivity contribution in [2.24, 2.45) is 5.41 Å². The van der Waals surface area contributed by atoms with Gasteiger partial charge >= 0.3 is 0 Å². The molecule has 0 saturated carbocycles. The molecular formula is C13H20O. The fraction of sp³-hybridized carbons (Fsp3) is 0.692. The van der Waals surface area contributed by atoms with Crippen LogP contribution in [0.25, 0.3) is 0 Å². The fourth-order valence-corrected chi connectivity index (χ4v) is 2.28. The summed E-state index contributed by atoms with van der Waals surface area (Å²) < 4.78 is 5.63. The molecule has 1 aliphatic carbocycles. The van der Waals surface area contributed by atoms with Gasteiger partial charge in [0.15, 0.2) is 0 Å². The number of fused-ring (bicyclic) bond motifs is 1. The summed E-state index contributed by atoms with van der Waals surface area (Å²) in [6.45, 7) is 6.86. The highest BCUT2D eigenvalue weighted by Gasteiger charge is 2.20. The molecule has 1 aromatic rings. The maximum absolute atomic E-state index is 5.63. The lowest BCUT2D eigenvalue weighted by Crippen LogP contribution is -2.11. The summed E-state index contributed by atoms with van der Waals surface area (Å²) in [5, 5.41) is 0. The van der Waals surface area contributed by atoms with E-state index in [1.54, 1.807) is 0 Å². The van der Waals surface area contributed by atoms with Crippen LogP contribution < -0.4 is 0 Å². The minimum Gasteiger partial charge on any atom is -0.469 e. The lowest BCUT2D eigenvalue weighted by atomic mass is 9.85. The Labute approximate surface area is 86.5 Å². The van der Waals surface area contributed by atoms with Gasteiger partial charge in [-0.25, -0.2) is 0 Å². The summed E-state index contributed by atoms with van der Waals surface area (Å²) >= 11 is 0. The van der Waals surface area contributed by atoms with Crippen LogP contribution in [0.1, 0.15) is 50.5 Å². The van der Waals surface area contributed by atoms with Crippen LogP contribution in [-0.2, 0) is 19.3 Å². The summed E-state index contributed by atoms with van der Waals surface area (Å²) in [6.07, 6.45) is 8.16. The number of furan rings is 1. The minimum absolute atomic E-state index is 0.370. The molecule has 0 fully saturated rings. The lowest BCUT2D eigenvalue weighted by molar-refractivity contribution is 0.407. The van der Waals surface area contributed by atoms with E-state index in [4.69, 9.17) is 4.42 Å². The molecule has 0 aromatic carbocycles. The van der Waals surface area contributed by atoms with E-state index in [2.05, 4.69) is 20.8 Å². The molecule has 0 aliphatic heterocycles. The smallest absolute Gasteiger partial charge is 0.107 e.